The zero-order chi connectivity index (χ0) is 30.2. The number of unbranched alkanes of at least 4 members (excludes halogenated alkanes) is 2. The summed E-state index contributed by atoms with van der Waals surface area (Å²) in [5.41, 5.74) is 4.12. The Morgan fingerprint density at radius 2 is 1.49 bits per heavy atom. The van der Waals surface area contributed by atoms with E-state index in [-0.39, 0.29) is 23.7 Å². The minimum absolute atomic E-state index is 0.115. The van der Waals surface area contributed by atoms with Gasteiger partial charge in [0.2, 0.25) is 5.82 Å². The number of hydrogen-bond acceptors (Lipinski definition) is 1. The Bertz CT molecular complexity index is 1410. The van der Waals surface area contributed by atoms with Crippen molar-refractivity contribution in [3.8, 4) is 28.0 Å². The molecule has 1 unspecified atom stereocenters. The Morgan fingerprint density at radius 1 is 0.767 bits per heavy atom. The van der Waals surface area contributed by atoms with E-state index in [1.165, 1.54) is 63.5 Å². The van der Waals surface area contributed by atoms with Crippen molar-refractivity contribution < 1.29 is 17.9 Å². The van der Waals surface area contributed by atoms with E-state index >= 15 is 4.39 Å². The molecular formula is C39H45F3O. The van der Waals surface area contributed by atoms with Crippen LogP contribution in [0.2, 0.25) is 0 Å². The van der Waals surface area contributed by atoms with Crippen molar-refractivity contribution in [2.24, 2.45) is 17.8 Å². The first kappa shape index (κ1) is 31.2. The summed E-state index contributed by atoms with van der Waals surface area (Å²) < 4.78 is 50.1. The second-order valence-electron chi connectivity index (χ2n) is 12.4. The van der Waals surface area contributed by atoms with Crippen molar-refractivity contribution in [1.82, 2.24) is 0 Å². The van der Waals surface area contributed by atoms with Crippen LogP contribution in [0, 0.1) is 35.2 Å². The fraction of sp³-hybridized carbons (Fsp3) is 0.436. The average Bonchev–Trinajstić information content (AvgIpc) is 3.04. The van der Waals surface area contributed by atoms with E-state index < -0.39 is 11.6 Å². The van der Waals surface area contributed by atoms with E-state index in [4.69, 9.17) is 4.74 Å². The van der Waals surface area contributed by atoms with Crippen molar-refractivity contribution >= 4 is 5.57 Å². The average molecular weight is 587 g/mol. The highest BCUT2D eigenvalue weighted by atomic mass is 19.2. The Hall–Kier alpha value is -3.27. The second-order valence-corrected chi connectivity index (χ2v) is 12.4. The van der Waals surface area contributed by atoms with Gasteiger partial charge in [0.25, 0.3) is 0 Å². The third-order valence-electron chi connectivity index (χ3n) is 9.69. The van der Waals surface area contributed by atoms with Gasteiger partial charge in [-0.3, -0.25) is 0 Å². The predicted octanol–water partition coefficient (Wildman–Crippen LogP) is 12.0. The van der Waals surface area contributed by atoms with Gasteiger partial charge in [0.05, 0.1) is 0 Å². The van der Waals surface area contributed by atoms with Crippen molar-refractivity contribution in [2.75, 3.05) is 6.61 Å². The summed E-state index contributed by atoms with van der Waals surface area (Å²) in [6, 6.07) is 15.5. The Balaban J connectivity index is 1.20. The molecule has 0 saturated heterocycles. The first-order chi connectivity index (χ1) is 21.0. The molecule has 0 aromatic heterocycles. The smallest absolute Gasteiger partial charge is 0.201 e. The number of allylic oxidation sites excluding steroid dienone is 3. The normalized spacial score (nSPS) is 20.8. The van der Waals surface area contributed by atoms with Gasteiger partial charge < -0.3 is 4.74 Å². The van der Waals surface area contributed by atoms with Crippen LogP contribution in [0.5, 0.6) is 5.75 Å². The van der Waals surface area contributed by atoms with Gasteiger partial charge in [-0.1, -0.05) is 100 Å². The molecule has 4 heteroatoms. The number of ether oxygens (including phenoxy) is 1. The lowest BCUT2D eigenvalue weighted by molar-refractivity contribution is 0.187. The minimum Gasteiger partial charge on any atom is -0.486 e. The van der Waals surface area contributed by atoms with Crippen LogP contribution in [0.25, 0.3) is 27.8 Å². The molecule has 0 amide bonds. The van der Waals surface area contributed by atoms with Crippen LogP contribution in [0.15, 0.2) is 72.8 Å². The fourth-order valence-electron chi connectivity index (χ4n) is 7.06. The highest BCUT2D eigenvalue weighted by Crippen LogP contribution is 2.43. The molecule has 0 bridgehead atoms. The lowest BCUT2D eigenvalue weighted by atomic mass is 9.70. The molecule has 5 rings (SSSR count). The van der Waals surface area contributed by atoms with E-state index in [0.29, 0.717) is 11.1 Å². The van der Waals surface area contributed by atoms with E-state index in [0.717, 1.165) is 53.7 Å². The molecule has 2 aliphatic carbocycles. The molecule has 1 nitrogen and oxygen atoms in total. The second kappa shape index (κ2) is 14.9. The molecule has 0 heterocycles. The maximum absolute atomic E-state index is 15.4. The van der Waals surface area contributed by atoms with Gasteiger partial charge in [0, 0.05) is 11.1 Å². The highest BCUT2D eigenvalue weighted by molar-refractivity contribution is 5.74. The summed E-state index contributed by atoms with van der Waals surface area (Å²) in [7, 11) is 0. The number of halogens is 3. The van der Waals surface area contributed by atoms with E-state index in [9.17, 15) is 8.78 Å². The van der Waals surface area contributed by atoms with Crippen LogP contribution in [0.1, 0.15) is 90.0 Å². The number of benzene rings is 3. The van der Waals surface area contributed by atoms with Crippen molar-refractivity contribution in [2.45, 2.75) is 84.5 Å². The van der Waals surface area contributed by atoms with Crippen LogP contribution < -0.4 is 4.74 Å². The molecule has 1 fully saturated rings. The Morgan fingerprint density at radius 3 is 2.16 bits per heavy atom. The molecule has 1 atom stereocenters. The topological polar surface area (TPSA) is 9.23 Å². The molecule has 3 aromatic rings. The van der Waals surface area contributed by atoms with Crippen molar-refractivity contribution in [1.29, 1.82) is 0 Å². The molecule has 3 aromatic carbocycles. The lowest BCUT2D eigenvalue weighted by Gasteiger charge is -2.35. The molecule has 228 valence electrons. The monoisotopic (exact) mass is 586 g/mol. The largest absolute Gasteiger partial charge is 0.486 e. The maximum atomic E-state index is 15.4. The maximum Gasteiger partial charge on any atom is 0.201 e. The lowest BCUT2D eigenvalue weighted by Crippen LogP contribution is -2.23. The third kappa shape index (κ3) is 7.63. The number of hydrogen-bond donors (Lipinski definition) is 0. The van der Waals surface area contributed by atoms with Gasteiger partial charge in [-0.05, 0) is 97.2 Å². The predicted molar refractivity (Wildman–Crippen MR) is 172 cm³/mol. The highest BCUT2D eigenvalue weighted by Gasteiger charge is 2.29. The minimum atomic E-state index is -1.00. The zero-order valence-corrected chi connectivity index (χ0v) is 25.7. The van der Waals surface area contributed by atoms with Gasteiger partial charge >= 0.3 is 0 Å². The molecule has 0 N–H and O–H groups in total. The Labute approximate surface area is 255 Å². The molecule has 0 aliphatic heterocycles. The van der Waals surface area contributed by atoms with Crippen LogP contribution in [-0.4, -0.2) is 6.61 Å². The van der Waals surface area contributed by atoms with Crippen LogP contribution in [0.4, 0.5) is 13.2 Å². The molecule has 1 saturated carbocycles. The Kier molecular flexibility index (Phi) is 10.8. The summed E-state index contributed by atoms with van der Waals surface area (Å²) in [4.78, 5) is 0. The van der Waals surface area contributed by atoms with E-state index in [1.54, 1.807) is 30.4 Å². The summed E-state index contributed by atoms with van der Waals surface area (Å²) in [6.07, 6.45) is 19.9. The van der Waals surface area contributed by atoms with Crippen molar-refractivity contribution in [3.05, 3.63) is 95.8 Å². The summed E-state index contributed by atoms with van der Waals surface area (Å²) in [5.74, 6) is 0.231. The first-order valence-electron chi connectivity index (χ1n) is 16.3. The van der Waals surface area contributed by atoms with Crippen LogP contribution in [0.3, 0.4) is 0 Å². The van der Waals surface area contributed by atoms with Crippen molar-refractivity contribution in [3.63, 3.8) is 0 Å². The molecular weight excluding hydrogens is 541 g/mol. The molecule has 0 radical (unpaired) electrons. The van der Waals surface area contributed by atoms with Gasteiger partial charge in [0.1, 0.15) is 12.4 Å². The fourth-order valence-corrected chi connectivity index (χ4v) is 7.06. The summed E-state index contributed by atoms with van der Waals surface area (Å²) in [6.45, 7) is 4.29. The summed E-state index contributed by atoms with van der Waals surface area (Å²) >= 11 is 0. The zero-order valence-electron chi connectivity index (χ0n) is 25.7. The molecule has 2 aliphatic rings. The van der Waals surface area contributed by atoms with Gasteiger partial charge in [0.15, 0.2) is 11.6 Å². The quantitative estimate of drug-likeness (QED) is 0.160. The summed E-state index contributed by atoms with van der Waals surface area (Å²) in [5, 5.41) is 0. The van der Waals surface area contributed by atoms with Gasteiger partial charge in [-0.2, -0.15) is 4.39 Å². The standard InChI is InChI=1S/C39H45F3O/c1-3-5-7-8-27-9-11-28(12-10-27)29-13-17-31(18-14-29)34-22-21-33(26-36(34)40)30-15-19-32(20-16-30)35-23-24-37(39(42)38(35)41)43-25-6-4-2/h4,6,15-17,19-24,26-29H,3,5,7-14,18,25H2,1-2H3/b6-4+. The van der Waals surface area contributed by atoms with E-state index in [2.05, 4.69) is 13.0 Å². The third-order valence-corrected chi connectivity index (χ3v) is 9.69. The first-order valence-corrected chi connectivity index (χ1v) is 16.3. The van der Waals surface area contributed by atoms with Crippen LogP contribution >= 0.6 is 0 Å². The van der Waals surface area contributed by atoms with Crippen LogP contribution in [-0.2, 0) is 0 Å². The van der Waals surface area contributed by atoms with Gasteiger partial charge in [-0.15, -0.1) is 0 Å². The number of rotatable bonds is 11. The molecule has 0 spiro atoms. The molecule has 43 heavy (non-hydrogen) atoms. The SMILES string of the molecule is C/C=C/COc1ccc(-c2ccc(-c3ccc(C4=CCC(C5CCC(CCCCC)CC5)CC4)c(F)c3)cc2)c(F)c1F. The van der Waals surface area contributed by atoms with Gasteiger partial charge in [-0.25, -0.2) is 8.78 Å². The van der Waals surface area contributed by atoms with E-state index in [1.807, 2.05) is 31.2 Å².